The van der Waals surface area contributed by atoms with Crippen molar-refractivity contribution in [3.05, 3.63) is 53.6 Å². The molecular formula is C23H29N3O4. The number of carbonyl (C=O) groups excluding carboxylic acids is 2. The van der Waals surface area contributed by atoms with Gasteiger partial charge in [-0.25, -0.2) is 0 Å². The summed E-state index contributed by atoms with van der Waals surface area (Å²) in [5.74, 6) is 1.11. The van der Waals surface area contributed by atoms with Gasteiger partial charge in [0, 0.05) is 25.6 Å². The Morgan fingerprint density at radius 3 is 2.50 bits per heavy atom. The first kappa shape index (κ1) is 21.6. The molecule has 0 bridgehead atoms. The van der Waals surface area contributed by atoms with E-state index in [2.05, 4.69) is 15.5 Å². The van der Waals surface area contributed by atoms with Crippen molar-refractivity contribution in [2.24, 2.45) is 0 Å². The van der Waals surface area contributed by atoms with Crippen LogP contribution in [0.3, 0.4) is 0 Å². The Morgan fingerprint density at radius 2 is 1.80 bits per heavy atom. The van der Waals surface area contributed by atoms with Crippen LogP contribution in [0.4, 0.5) is 5.69 Å². The van der Waals surface area contributed by atoms with Crippen molar-refractivity contribution in [3.8, 4) is 11.5 Å². The Hall–Kier alpha value is -3.06. The van der Waals surface area contributed by atoms with Gasteiger partial charge in [0.25, 0.3) is 5.91 Å². The largest absolute Gasteiger partial charge is 0.493 e. The van der Waals surface area contributed by atoms with Crippen molar-refractivity contribution >= 4 is 17.5 Å². The van der Waals surface area contributed by atoms with Gasteiger partial charge in [0.15, 0.2) is 11.5 Å². The lowest BCUT2D eigenvalue weighted by Crippen LogP contribution is -2.28. The summed E-state index contributed by atoms with van der Waals surface area (Å²) >= 11 is 0. The van der Waals surface area contributed by atoms with Gasteiger partial charge in [0.2, 0.25) is 5.91 Å². The second-order valence-electron chi connectivity index (χ2n) is 7.52. The first-order valence-electron chi connectivity index (χ1n) is 10.1. The third kappa shape index (κ3) is 5.97. The van der Waals surface area contributed by atoms with E-state index in [-0.39, 0.29) is 17.9 Å². The number of benzene rings is 2. The molecule has 2 N–H and O–H groups in total. The lowest BCUT2D eigenvalue weighted by Gasteiger charge is -2.18. The van der Waals surface area contributed by atoms with E-state index in [0.717, 1.165) is 18.4 Å². The Kier molecular flexibility index (Phi) is 7.30. The van der Waals surface area contributed by atoms with Crippen molar-refractivity contribution in [1.29, 1.82) is 0 Å². The minimum absolute atomic E-state index is 0.124. The molecule has 0 aromatic heterocycles. The van der Waals surface area contributed by atoms with Crippen LogP contribution in [0.25, 0.3) is 0 Å². The Balaban J connectivity index is 1.51. The predicted molar refractivity (Wildman–Crippen MR) is 116 cm³/mol. The van der Waals surface area contributed by atoms with Crippen LogP contribution in [-0.4, -0.2) is 50.6 Å². The maximum absolute atomic E-state index is 12.5. The van der Waals surface area contributed by atoms with E-state index >= 15 is 0 Å². The van der Waals surface area contributed by atoms with Gasteiger partial charge < -0.3 is 25.0 Å². The lowest BCUT2D eigenvalue weighted by atomic mass is 10.1. The molecule has 1 fully saturated rings. The van der Waals surface area contributed by atoms with Crippen LogP contribution in [-0.2, 0) is 11.3 Å². The summed E-state index contributed by atoms with van der Waals surface area (Å²) in [4.78, 5) is 26.9. The van der Waals surface area contributed by atoms with Crippen molar-refractivity contribution in [1.82, 2.24) is 10.2 Å². The molecule has 0 saturated heterocycles. The number of anilines is 1. The zero-order chi connectivity index (χ0) is 21.5. The molecule has 1 aliphatic rings. The fourth-order valence-corrected chi connectivity index (χ4v) is 3.16. The number of nitrogens with zero attached hydrogens (tertiary/aromatic N) is 1. The average Bonchev–Trinajstić information content (AvgIpc) is 3.56. The van der Waals surface area contributed by atoms with Crippen LogP contribution in [0.1, 0.15) is 35.2 Å². The highest BCUT2D eigenvalue weighted by atomic mass is 16.5. The third-order valence-corrected chi connectivity index (χ3v) is 4.98. The standard InChI is InChI=1S/C23H29N3O4/c1-26(15-16-8-11-20(29-2)21(14-16)30-3)13-12-22(27)25-19-7-5-4-6-18(19)23(28)24-17-9-10-17/h4-8,11,14,17H,9-10,12-13,15H2,1-3H3,(H,24,28)(H,25,27). The molecule has 3 rings (SSSR count). The Morgan fingerprint density at radius 1 is 1.07 bits per heavy atom. The normalized spacial score (nSPS) is 13.1. The summed E-state index contributed by atoms with van der Waals surface area (Å²) in [6, 6.07) is 13.2. The van der Waals surface area contributed by atoms with E-state index in [1.54, 1.807) is 32.4 Å². The highest BCUT2D eigenvalue weighted by molar-refractivity contribution is 6.03. The number of rotatable bonds is 10. The van der Waals surface area contributed by atoms with E-state index in [1.807, 2.05) is 31.3 Å². The molecule has 2 amide bonds. The lowest BCUT2D eigenvalue weighted by molar-refractivity contribution is -0.116. The van der Waals surface area contributed by atoms with E-state index in [0.29, 0.717) is 42.3 Å². The number of amides is 2. The smallest absolute Gasteiger partial charge is 0.253 e. The highest BCUT2D eigenvalue weighted by Crippen LogP contribution is 2.28. The second kappa shape index (κ2) is 10.1. The topological polar surface area (TPSA) is 79.9 Å². The molecule has 0 atom stereocenters. The molecule has 2 aromatic rings. The van der Waals surface area contributed by atoms with Crippen molar-refractivity contribution in [2.45, 2.75) is 31.8 Å². The molecule has 1 saturated carbocycles. The summed E-state index contributed by atoms with van der Waals surface area (Å²) < 4.78 is 10.6. The van der Waals surface area contributed by atoms with Gasteiger partial charge in [-0.05, 0) is 49.7 Å². The molecule has 0 radical (unpaired) electrons. The Bertz CT molecular complexity index is 896. The minimum atomic E-state index is -0.140. The summed E-state index contributed by atoms with van der Waals surface area (Å²) in [5, 5.41) is 5.84. The molecule has 7 nitrogen and oxygen atoms in total. The van der Waals surface area contributed by atoms with Crippen LogP contribution >= 0.6 is 0 Å². The summed E-state index contributed by atoms with van der Waals surface area (Å²) in [5.41, 5.74) is 2.11. The SMILES string of the molecule is COc1ccc(CN(C)CCC(=O)Nc2ccccc2C(=O)NC2CC2)cc1OC. The zero-order valence-electron chi connectivity index (χ0n) is 17.7. The molecule has 7 heteroatoms. The summed E-state index contributed by atoms with van der Waals surface area (Å²) in [6.45, 7) is 1.25. The van der Waals surface area contributed by atoms with Crippen LogP contribution in [0.2, 0.25) is 0 Å². The number of methoxy groups -OCH3 is 2. The van der Waals surface area contributed by atoms with Gasteiger partial charge in [-0.3, -0.25) is 9.59 Å². The van der Waals surface area contributed by atoms with Crippen molar-refractivity contribution in [2.75, 3.05) is 33.1 Å². The molecule has 1 aliphatic carbocycles. The number of nitrogens with one attached hydrogen (secondary N) is 2. The van der Waals surface area contributed by atoms with E-state index in [1.165, 1.54) is 0 Å². The molecule has 0 heterocycles. The fraction of sp³-hybridized carbons (Fsp3) is 0.391. The maximum atomic E-state index is 12.5. The van der Waals surface area contributed by atoms with Crippen LogP contribution in [0.15, 0.2) is 42.5 Å². The molecule has 2 aromatic carbocycles. The van der Waals surface area contributed by atoms with Crippen LogP contribution < -0.4 is 20.1 Å². The first-order valence-corrected chi connectivity index (χ1v) is 10.1. The van der Waals surface area contributed by atoms with E-state index < -0.39 is 0 Å². The number of ether oxygens (including phenoxy) is 2. The summed E-state index contributed by atoms with van der Waals surface area (Å²) in [6.07, 6.45) is 2.36. The summed E-state index contributed by atoms with van der Waals surface area (Å²) in [7, 11) is 5.18. The maximum Gasteiger partial charge on any atom is 0.253 e. The second-order valence-corrected chi connectivity index (χ2v) is 7.52. The average molecular weight is 412 g/mol. The van der Waals surface area contributed by atoms with Gasteiger partial charge in [-0.15, -0.1) is 0 Å². The monoisotopic (exact) mass is 411 g/mol. The van der Waals surface area contributed by atoms with Gasteiger partial charge in [-0.1, -0.05) is 18.2 Å². The van der Waals surface area contributed by atoms with Gasteiger partial charge in [0.05, 0.1) is 25.5 Å². The quantitative estimate of drug-likeness (QED) is 0.628. The van der Waals surface area contributed by atoms with Crippen molar-refractivity contribution in [3.63, 3.8) is 0 Å². The van der Waals surface area contributed by atoms with Gasteiger partial charge in [-0.2, -0.15) is 0 Å². The molecule has 0 unspecified atom stereocenters. The number of para-hydroxylation sites is 1. The highest BCUT2D eigenvalue weighted by Gasteiger charge is 2.25. The van der Waals surface area contributed by atoms with Crippen molar-refractivity contribution < 1.29 is 19.1 Å². The van der Waals surface area contributed by atoms with Gasteiger partial charge in [0.1, 0.15) is 0 Å². The van der Waals surface area contributed by atoms with E-state index in [4.69, 9.17) is 9.47 Å². The minimum Gasteiger partial charge on any atom is -0.493 e. The molecular weight excluding hydrogens is 382 g/mol. The number of carbonyl (C=O) groups is 2. The third-order valence-electron chi connectivity index (χ3n) is 4.98. The number of hydrogen-bond donors (Lipinski definition) is 2. The number of hydrogen-bond acceptors (Lipinski definition) is 5. The van der Waals surface area contributed by atoms with Crippen LogP contribution in [0, 0.1) is 0 Å². The fourth-order valence-electron chi connectivity index (χ4n) is 3.16. The van der Waals surface area contributed by atoms with Crippen LogP contribution in [0.5, 0.6) is 11.5 Å². The zero-order valence-corrected chi connectivity index (χ0v) is 17.7. The molecule has 30 heavy (non-hydrogen) atoms. The first-order chi connectivity index (χ1) is 14.5. The molecule has 160 valence electrons. The molecule has 0 spiro atoms. The van der Waals surface area contributed by atoms with E-state index in [9.17, 15) is 9.59 Å². The Labute approximate surface area is 177 Å². The predicted octanol–water partition coefficient (Wildman–Crippen LogP) is 3.06. The van der Waals surface area contributed by atoms with Gasteiger partial charge >= 0.3 is 0 Å². The molecule has 0 aliphatic heterocycles.